The topological polar surface area (TPSA) is 125 Å². The first-order chi connectivity index (χ1) is 19.1. The molecule has 2 amide bonds. The largest absolute Gasteiger partial charge is 0.480 e. The number of aliphatic carboxylic acids is 1. The molecule has 2 aliphatic rings. The van der Waals surface area contributed by atoms with Crippen LogP contribution in [0.15, 0.2) is 48.5 Å². The first-order valence-corrected chi connectivity index (χ1v) is 13.5. The van der Waals surface area contributed by atoms with E-state index in [0.29, 0.717) is 32.3 Å². The van der Waals surface area contributed by atoms with Crippen molar-refractivity contribution in [2.75, 3.05) is 32.8 Å². The molecule has 1 heterocycles. The summed E-state index contributed by atoms with van der Waals surface area (Å²) in [6, 6.07) is 14.3. The monoisotopic (exact) mass is 551 g/mol. The molecule has 2 aromatic carbocycles. The molecule has 4 rings (SSSR count). The molecule has 1 aliphatic carbocycles. The minimum absolute atomic E-state index is 0.0553. The van der Waals surface area contributed by atoms with Gasteiger partial charge in [0.2, 0.25) is 6.41 Å². The Kier molecular flexibility index (Phi) is 9.09. The van der Waals surface area contributed by atoms with Crippen LogP contribution in [0, 0.1) is 0 Å². The second-order valence-corrected chi connectivity index (χ2v) is 11.3. The summed E-state index contributed by atoms with van der Waals surface area (Å²) >= 11 is 0. The maximum atomic E-state index is 12.7. The number of fused-ring (bicyclic) bond motifs is 3. The number of alkyl carbamates (subject to hydrolysis) is 1. The molecule has 10 nitrogen and oxygen atoms in total. The molecule has 0 radical (unpaired) electrons. The summed E-state index contributed by atoms with van der Waals surface area (Å²) in [6.45, 7) is 6.58. The summed E-state index contributed by atoms with van der Waals surface area (Å²) < 4.78 is 10.9. The fraction of sp³-hybridized carbons (Fsp3) is 0.467. The van der Waals surface area contributed by atoms with Crippen LogP contribution in [0.2, 0.25) is 0 Å². The van der Waals surface area contributed by atoms with E-state index in [0.717, 1.165) is 22.3 Å². The van der Waals surface area contributed by atoms with Crippen molar-refractivity contribution in [3.05, 3.63) is 59.7 Å². The molecule has 10 heteroatoms. The summed E-state index contributed by atoms with van der Waals surface area (Å²) in [7, 11) is 0. The lowest BCUT2D eigenvalue weighted by atomic mass is 9.98. The van der Waals surface area contributed by atoms with Gasteiger partial charge in [-0.15, -0.1) is 0 Å². The minimum Gasteiger partial charge on any atom is -0.480 e. The number of carbonyl (C=O) groups excluding carboxylic acids is 3. The summed E-state index contributed by atoms with van der Waals surface area (Å²) in [5.74, 6) is -1.72. The zero-order chi connectivity index (χ0) is 28.9. The molecule has 214 valence electrons. The van der Waals surface area contributed by atoms with Gasteiger partial charge in [0.1, 0.15) is 18.2 Å². The number of hydrogen-bond acceptors (Lipinski definition) is 7. The highest BCUT2D eigenvalue weighted by Gasteiger charge is 2.32. The Morgan fingerprint density at radius 2 is 1.62 bits per heavy atom. The summed E-state index contributed by atoms with van der Waals surface area (Å²) in [6.07, 6.45) is 0.897. The van der Waals surface area contributed by atoms with Crippen molar-refractivity contribution < 1.29 is 33.8 Å². The van der Waals surface area contributed by atoms with E-state index in [1.807, 2.05) is 74.2 Å². The Bertz CT molecular complexity index is 1190. The number of nitrogens with one attached hydrogen (secondary N) is 1. The third-order valence-corrected chi connectivity index (χ3v) is 7.26. The Morgan fingerprint density at radius 3 is 2.15 bits per heavy atom. The Labute approximate surface area is 234 Å². The lowest BCUT2D eigenvalue weighted by molar-refractivity contribution is -0.156. The van der Waals surface area contributed by atoms with Crippen LogP contribution in [-0.2, 0) is 23.9 Å². The van der Waals surface area contributed by atoms with Crippen molar-refractivity contribution in [3.63, 3.8) is 0 Å². The highest BCUT2D eigenvalue weighted by atomic mass is 16.6. The van der Waals surface area contributed by atoms with Crippen molar-refractivity contribution in [3.8, 4) is 11.1 Å². The zero-order valence-electron chi connectivity index (χ0n) is 23.2. The summed E-state index contributed by atoms with van der Waals surface area (Å²) in [4.78, 5) is 52.0. The number of carboxylic acids is 1. The van der Waals surface area contributed by atoms with Crippen LogP contribution in [-0.4, -0.2) is 89.8 Å². The predicted octanol–water partition coefficient (Wildman–Crippen LogP) is 3.24. The van der Waals surface area contributed by atoms with Crippen molar-refractivity contribution in [2.45, 2.75) is 57.2 Å². The fourth-order valence-electron chi connectivity index (χ4n) is 5.42. The number of rotatable bonds is 10. The number of ether oxygens (including phenoxy) is 2. The van der Waals surface area contributed by atoms with E-state index in [9.17, 15) is 24.3 Å². The third kappa shape index (κ3) is 7.18. The van der Waals surface area contributed by atoms with E-state index < -0.39 is 23.7 Å². The number of hydrogen-bond donors (Lipinski definition) is 2. The molecule has 0 bridgehead atoms. The van der Waals surface area contributed by atoms with Gasteiger partial charge >= 0.3 is 18.0 Å². The number of carboxylic acid groups (broad SMARTS) is 1. The molecule has 2 N–H and O–H groups in total. The molecule has 2 aromatic rings. The number of nitrogens with zero attached hydrogens (tertiary/aromatic N) is 2. The minimum atomic E-state index is -1.33. The second kappa shape index (κ2) is 12.5. The zero-order valence-corrected chi connectivity index (χ0v) is 23.2. The van der Waals surface area contributed by atoms with Crippen LogP contribution in [0.4, 0.5) is 4.79 Å². The van der Waals surface area contributed by atoms with Crippen LogP contribution < -0.4 is 5.32 Å². The van der Waals surface area contributed by atoms with Gasteiger partial charge in [-0.25, -0.2) is 9.59 Å². The smallest absolute Gasteiger partial charge is 0.407 e. The number of likely N-dealkylation sites (tertiary alicyclic amines) is 1. The number of amides is 2. The predicted molar refractivity (Wildman–Crippen MR) is 148 cm³/mol. The van der Waals surface area contributed by atoms with E-state index in [-0.39, 0.29) is 37.6 Å². The molecule has 0 aromatic heterocycles. The van der Waals surface area contributed by atoms with E-state index in [1.54, 1.807) is 0 Å². The summed E-state index contributed by atoms with van der Waals surface area (Å²) in [5, 5.41) is 12.2. The van der Waals surface area contributed by atoms with Crippen LogP contribution in [0.1, 0.15) is 50.7 Å². The van der Waals surface area contributed by atoms with Gasteiger partial charge in [0.15, 0.2) is 0 Å². The van der Waals surface area contributed by atoms with Crippen LogP contribution in [0.3, 0.4) is 0 Å². The standard InChI is InChI=1S/C30H37N3O7/c1-30(2,3)40-27(35)17-32-14-12-20(13-15-32)33(19-34)16-26(28(36)37)31-29(38)39-18-25-23-10-6-4-8-21(23)22-9-5-7-11-24(22)25/h4-11,19-20,25-26H,12-18H2,1-3H3,(H,31,38)(H,36,37)/t26-/m1/s1. The molecular weight excluding hydrogens is 514 g/mol. The third-order valence-electron chi connectivity index (χ3n) is 7.26. The normalized spacial score (nSPS) is 16.4. The summed E-state index contributed by atoms with van der Waals surface area (Å²) in [5.41, 5.74) is 3.73. The lowest BCUT2D eigenvalue weighted by Gasteiger charge is -2.37. The van der Waals surface area contributed by atoms with Crippen molar-refractivity contribution >= 4 is 24.4 Å². The number of carbonyl (C=O) groups is 4. The van der Waals surface area contributed by atoms with Crippen molar-refractivity contribution in [1.29, 1.82) is 0 Å². The van der Waals surface area contributed by atoms with Crippen molar-refractivity contribution in [2.24, 2.45) is 0 Å². The number of piperidine rings is 1. The molecule has 0 saturated carbocycles. The average molecular weight is 552 g/mol. The first-order valence-electron chi connectivity index (χ1n) is 13.5. The number of benzene rings is 2. The van der Waals surface area contributed by atoms with E-state index in [1.165, 1.54) is 4.90 Å². The number of esters is 1. The molecular formula is C30H37N3O7. The van der Waals surface area contributed by atoms with Crippen LogP contribution in [0.25, 0.3) is 11.1 Å². The van der Waals surface area contributed by atoms with Crippen LogP contribution >= 0.6 is 0 Å². The van der Waals surface area contributed by atoms with Gasteiger partial charge in [-0.2, -0.15) is 0 Å². The highest BCUT2D eigenvalue weighted by molar-refractivity contribution is 5.81. The maximum absolute atomic E-state index is 12.7. The second-order valence-electron chi connectivity index (χ2n) is 11.3. The molecule has 1 fully saturated rings. The Balaban J connectivity index is 1.30. The maximum Gasteiger partial charge on any atom is 0.407 e. The lowest BCUT2D eigenvalue weighted by Crippen LogP contribution is -2.53. The quantitative estimate of drug-likeness (QED) is 0.341. The molecule has 0 spiro atoms. The van der Waals surface area contributed by atoms with E-state index >= 15 is 0 Å². The molecule has 1 saturated heterocycles. The molecule has 40 heavy (non-hydrogen) atoms. The highest BCUT2D eigenvalue weighted by Crippen LogP contribution is 2.44. The Morgan fingerprint density at radius 1 is 1.05 bits per heavy atom. The first kappa shape index (κ1) is 29.1. The van der Waals surface area contributed by atoms with Gasteiger partial charge in [0, 0.05) is 25.0 Å². The van der Waals surface area contributed by atoms with Gasteiger partial charge in [0.05, 0.1) is 13.1 Å². The fourth-order valence-corrected chi connectivity index (χ4v) is 5.42. The molecule has 1 aliphatic heterocycles. The van der Waals surface area contributed by atoms with Gasteiger partial charge in [-0.1, -0.05) is 48.5 Å². The van der Waals surface area contributed by atoms with Gasteiger partial charge < -0.3 is 24.8 Å². The SMILES string of the molecule is CC(C)(C)OC(=O)CN1CCC(N(C=O)C[C@@H](NC(=O)OCC2c3ccccc3-c3ccccc32)C(=O)O)CC1. The van der Waals surface area contributed by atoms with E-state index in [4.69, 9.17) is 9.47 Å². The van der Waals surface area contributed by atoms with Gasteiger partial charge in [-0.3, -0.25) is 14.5 Å². The molecule has 0 unspecified atom stereocenters. The van der Waals surface area contributed by atoms with Gasteiger partial charge in [0.25, 0.3) is 0 Å². The van der Waals surface area contributed by atoms with E-state index in [2.05, 4.69) is 5.32 Å². The van der Waals surface area contributed by atoms with Gasteiger partial charge in [-0.05, 0) is 55.9 Å². The van der Waals surface area contributed by atoms with Crippen LogP contribution in [0.5, 0.6) is 0 Å². The molecule has 1 atom stereocenters. The average Bonchev–Trinajstić information content (AvgIpc) is 3.23. The Hall–Kier alpha value is -3.92. The van der Waals surface area contributed by atoms with Crippen molar-refractivity contribution in [1.82, 2.24) is 15.1 Å².